The van der Waals surface area contributed by atoms with Crippen LogP contribution in [0.2, 0.25) is 0 Å². The number of carbonyl (C=O) groups excluding carboxylic acids is 2. The van der Waals surface area contributed by atoms with Crippen LogP contribution in [0.15, 0.2) is 59.8 Å². The van der Waals surface area contributed by atoms with Crippen molar-refractivity contribution in [2.75, 3.05) is 7.11 Å². The lowest BCUT2D eigenvalue weighted by Gasteiger charge is -2.26. The van der Waals surface area contributed by atoms with Crippen molar-refractivity contribution in [3.63, 3.8) is 0 Å². The SMILES string of the molecule is COc1ccc(COC(=O)C2=C(C)NC(=O)C[C@H]2c2cccc([N+](=O)[O-])c2)cc1. The van der Waals surface area contributed by atoms with Crippen LogP contribution in [-0.2, 0) is 20.9 Å². The molecule has 1 N–H and O–H groups in total. The average molecular weight is 396 g/mol. The van der Waals surface area contributed by atoms with Gasteiger partial charge in [0.1, 0.15) is 12.4 Å². The zero-order valence-electron chi connectivity index (χ0n) is 16.0. The Bertz CT molecular complexity index is 981. The Kier molecular flexibility index (Phi) is 5.92. The number of benzene rings is 2. The molecule has 0 fully saturated rings. The number of nitro benzene ring substituents is 1. The van der Waals surface area contributed by atoms with E-state index in [1.807, 2.05) is 0 Å². The third-order valence-electron chi connectivity index (χ3n) is 4.70. The molecule has 0 radical (unpaired) electrons. The summed E-state index contributed by atoms with van der Waals surface area (Å²) in [5.41, 5.74) is 1.88. The zero-order valence-corrected chi connectivity index (χ0v) is 16.0. The van der Waals surface area contributed by atoms with Gasteiger partial charge in [0.05, 0.1) is 17.6 Å². The summed E-state index contributed by atoms with van der Waals surface area (Å²) in [5.74, 6) is -0.757. The summed E-state index contributed by atoms with van der Waals surface area (Å²) in [5, 5.41) is 13.7. The summed E-state index contributed by atoms with van der Waals surface area (Å²) >= 11 is 0. The van der Waals surface area contributed by atoms with Gasteiger partial charge in [-0.3, -0.25) is 14.9 Å². The van der Waals surface area contributed by atoms with E-state index in [2.05, 4.69) is 5.32 Å². The molecule has 0 unspecified atom stereocenters. The maximum atomic E-state index is 12.8. The minimum atomic E-state index is -0.619. The first kappa shape index (κ1) is 20.1. The highest BCUT2D eigenvalue weighted by atomic mass is 16.6. The van der Waals surface area contributed by atoms with Gasteiger partial charge in [0.2, 0.25) is 5.91 Å². The average Bonchev–Trinajstić information content (AvgIpc) is 2.72. The molecule has 0 saturated heterocycles. The minimum Gasteiger partial charge on any atom is -0.497 e. The van der Waals surface area contributed by atoms with Crippen molar-refractivity contribution in [3.05, 3.63) is 81.0 Å². The molecule has 0 spiro atoms. The quantitative estimate of drug-likeness (QED) is 0.456. The van der Waals surface area contributed by atoms with Crippen LogP contribution < -0.4 is 10.1 Å². The van der Waals surface area contributed by atoms with E-state index < -0.39 is 16.8 Å². The molecule has 1 aliphatic rings. The van der Waals surface area contributed by atoms with Crippen molar-refractivity contribution in [2.45, 2.75) is 25.9 Å². The number of hydrogen-bond acceptors (Lipinski definition) is 6. The normalized spacial score (nSPS) is 16.2. The van der Waals surface area contributed by atoms with Gasteiger partial charge in [0, 0.05) is 30.2 Å². The summed E-state index contributed by atoms with van der Waals surface area (Å²) in [4.78, 5) is 35.5. The topological polar surface area (TPSA) is 108 Å². The molecule has 2 aromatic carbocycles. The predicted octanol–water partition coefficient (Wildman–Crippen LogP) is 3.22. The molecule has 2 aromatic rings. The van der Waals surface area contributed by atoms with Crippen molar-refractivity contribution < 1.29 is 24.0 Å². The predicted molar refractivity (Wildman–Crippen MR) is 104 cm³/mol. The summed E-state index contributed by atoms with van der Waals surface area (Å²) in [7, 11) is 1.57. The van der Waals surface area contributed by atoms with Gasteiger partial charge in [0.15, 0.2) is 0 Å². The van der Waals surface area contributed by atoms with E-state index >= 15 is 0 Å². The first-order valence-electron chi connectivity index (χ1n) is 8.94. The van der Waals surface area contributed by atoms with Gasteiger partial charge in [-0.05, 0) is 30.2 Å². The van der Waals surface area contributed by atoms with Crippen molar-refractivity contribution in [1.82, 2.24) is 5.32 Å². The fourth-order valence-corrected chi connectivity index (χ4v) is 3.26. The Morgan fingerprint density at radius 2 is 1.97 bits per heavy atom. The molecule has 0 aliphatic carbocycles. The summed E-state index contributed by atoms with van der Waals surface area (Å²) < 4.78 is 10.6. The van der Waals surface area contributed by atoms with E-state index in [1.54, 1.807) is 44.4 Å². The highest BCUT2D eigenvalue weighted by molar-refractivity contribution is 5.95. The van der Waals surface area contributed by atoms with E-state index in [0.29, 0.717) is 22.6 Å². The van der Waals surface area contributed by atoms with Gasteiger partial charge >= 0.3 is 5.97 Å². The Morgan fingerprint density at radius 1 is 1.24 bits per heavy atom. The molecule has 0 bridgehead atoms. The Balaban J connectivity index is 1.84. The number of amides is 1. The van der Waals surface area contributed by atoms with E-state index in [9.17, 15) is 19.7 Å². The monoisotopic (exact) mass is 396 g/mol. The van der Waals surface area contributed by atoms with Gasteiger partial charge in [-0.15, -0.1) is 0 Å². The lowest BCUT2D eigenvalue weighted by atomic mass is 9.84. The van der Waals surface area contributed by atoms with Crippen LogP contribution >= 0.6 is 0 Å². The van der Waals surface area contributed by atoms with E-state index in [-0.39, 0.29) is 24.6 Å². The molecule has 0 aromatic heterocycles. The highest BCUT2D eigenvalue weighted by Crippen LogP contribution is 2.35. The number of nitrogens with one attached hydrogen (secondary N) is 1. The van der Waals surface area contributed by atoms with Crippen LogP contribution in [0.4, 0.5) is 5.69 Å². The van der Waals surface area contributed by atoms with Crippen molar-refractivity contribution in [1.29, 1.82) is 0 Å². The lowest BCUT2D eigenvalue weighted by molar-refractivity contribution is -0.384. The fourth-order valence-electron chi connectivity index (χ4n) is 3.26. The van der Waals surface area contributed by atoms with Crippen LogP contribution in [0.25, 0.3) is 0 Å². The van der Waals surface area contributed by atoms with Gasteiger partial charge < -0.3 is 14.8 Å². The smallest absolute Gasteiger partial charge is 0.336 e. The van der Waals surface area contributed by atoms with Crippen LogP contribution in [0.1, 0.15) is 30.4 Å². The fraction of sp³-hybridized carbons (Fsp3) is 0.238. The van der Waals surface area contributed by atoms with E-state index in [1.165, 1.54) is 18.2 Å². The van der Waals surface area contributed by atoms with Gasteiger partial charge in [-0.25, -0.2) is 4.79 Å². The molecule has 0 saturated carbocycles. The molecular formula is C21H20N2O6. The zero-order chi connectivity index (χ0) is 21.0. The summed E-state index contributed by atoms with van der Waals surface area (Å²) in [6, 6.07) is 13.1. The molecule has 1 amide bonds. The summed E-state index contributed by atoms with van der Waals surface area (Å²) in [6.07, 6.45) is 0.00543. The molecule has 1 aliphatic heterocycles. The Labute approximate surface area is 167 Å². The number of allylic oxidation sites excluding steroid dienone is 1. The van der Waals surface area contributed by atoms with Crippen LogP contribution in [0.3, 0.4) is 0 Å². The third-order valence-corrected chi connectivity index (χ3v) is 4.70. The Hall–Kier alpha value is -3.68. The third kappa shape index (κ3) is 4.60. The van der Waals surface area contributed by atoms with Crippen LogP contribution in [0.5, 0.6) is 5.75 Å². The van der Waals surface area contributed by atoms with Gasteiger partial charge in [-0.2, -0.15) is 0 Å². The van der Waals surface area contributed by atoms with E-state index in [4.69, 9.17) is 9.47 Å². The van der Waals surface area contributed by atoms with Gasteiger partial charge in [0.25, 0.3) is 5.69 Å². The number of hydrogen-bond donors (Lipinski definition) is 1. The highest BCUT2D eigenvalue weighted by Gasteiger charge is 2.33. The lowest BCUT2D eigenvalue weighted by Crippen LogP contribution is -2.34. The first-order valence-corrected chi connectivity index (χ1v) is 8.94. The first-order chi connectivity index (χ1) is 13.9. The second-order valence-electron chi connectivity index (χ2n) is 6.62. The van der Waals surface area contributed by atoms with Crippen molar-refractivity contribution in [3.8, 4) is 5.75 Å². The second kappa shape index (κ2) is 8.55. The molecule has 1 heterocycles. The van der Waals surface area contributed by atoms with Crippen molar-refractivity contribution >= 4 is 17.6 Å². The maximum absolute atomic E-state index is 12.8. The number of methoxy groups -OCH3 is 1. The molecular weight excluding hydrogens is 376 g/mol. The number of carbonyl (C=O) groups is 2. The summed E-state index contributed by atoms with van der Waals surface area (Å²) in [6.45, 7) is 1.67. The number of ether oxygens (including phenoxy) is 2. The maximum Gasteiger partial charge on any atom is 0.336 e. The van der Waals surface area contributed by atoms with Crippen molar-refractivity contribution in [2.24, 2.45) is 0 Å². The molecule has 8 heteroatoms. The minimum absolute atomic E-state index is 0.00543. The number of nitro groups is 1. The molecule has 150 valence electrons. The Morgan fingerprint density at radius 3 is 2.62 bits per heavy atom. The standard InChI is InChI=1S/C21H20N2O6/c1-13-20(21(25)29-12-14-6-8-17(28-2)9-7-14)18(11-19(24)22-13)15-4-3-5-16(10-15)23(26)27/h3-10,18H,11-12H2,1-2H3,(H,22,24)/t18-/m0/s1. The number of esters is 1. The largest absolute Gasteiger partial charge is 0.497 e. The molecule has 29 heavy (non-hydrogen) atoms. The van der Waals surface area contributed by atoms with Crippen LogP contribution in [-0.4, -0.2) is 23.9 Å². The van der Waals surface area contributed by atoms with Crippen LogP contribution in [0, 0.1) is 10.1 Å². The second-order valence-corrected chi connectivity index (χ2v) is 6.62. The van der Waals surface area contributed by atoms with E-state index in [0.717, 1.165) is 5.56 Å². The van der Waals surface area contributed by atoms with Gasteiger partial charge in [-0.1, -0.05) is 24.3 Å². The molecule has 8 nitrogen and oxygen atoms in total. The number of nitrogens with zero attached hydrogens (tertiary/aromatic N) is 1. The number of rotatable bonds is 6. The molecule has 3 rings (SSSR count). The number of non-ortho nitro benzene ring substituents is 1. The molecule has 1 atom stereocenters.